The number of benzene rings is 3. The zero-order valence-corrected chi connectivity index (χ0v) is 17.4. The Kier molecular flexibility index (Phi) is 7.01. The summed E-state index contributed by atoms with van der Waals surface area (Å²) in [6.07, 6.45) is 0. The second kappa shape index (κ2) is 9.67. The van der Waals surface area contributed by atoms with Gasteiger partial charge in [0.2, 0.25) is 0 Å². The van der Waals surface area contributed by atoms with Crippen molar-refractivity contribution in [1.29, 1.82) is 0 Å². The van der Waals surface area contributed by atoms with Crippen molar-refractivity contribution in [2.75, 3.05) is 24.7 Å². The van der Waals surface area contributed by atoms with Gasteiger partial charge in [0.25, 0.3) is 0 Å². The highest BCUT2D eigenvalue weighted by Crippen LogP contribution is 2.32. The van der Waals surface area contributed by atoms with E-state index in [1.54, 1.807) is 18.9 Å². The Labute approximate surface area is 171 Å². The van der Waals surface area contributed by atoms with Crippen LogP contribution in [-0.4, -0.2) is 25.4 Å². The van der Waals surface area contributed by atoms with Gasteiger partial charge in [0.05, 0.1) is 7.11 Å². The molecule has 0 radical (unpaired) electrons. The number of methoxy groups -OCH3 is 1. The molecule has 0 aliphatic carbocycles. The number of rotatable bonds is 7. The molecule has 3 aromatic carbocycles. The van der Waals surface area contributed by atoms with E-state index in [4.69, 9.17) is 4.74 Å². The van der Waals surface area contributed by atoms with E-state index in [1.807, 2.05) is 42.5 Å². The van der Waals surface area contributed by atoms with Gasteiger partial charge >= 0.3 is 6.03 Å². The Morgan fingerprint density at radius 3 is 2.70 bits per heavy atom. The number of nitrogens with one attached hydrogen (secondary N) is 2. The number of halogens is 1. The standard InChI is InChI=1S/C21H21BrN2O2S/c1-26-20-10-7-15-13-16(22)8-9-18(15)19(20)14-27-12-11-23-21(25)24-17-5-3-2-4-6-17/h2-10,13H,11-12,14H2,1H3,(H2,23,24,25). The van der Waals surface area contributed by atoms with Gasteiger partial charge in [0.15, 0.2) is 0 Å². The molecule has 0 aliphatic heterocycles. The first-order valence-electron chi connectivity index (χ1n) is 8.60. The summed E-state index contributed by atoms with van der Waals surface area (Å²) in [7, 11) is 1.70. The number of amides is 2. The van der Waals surface area contributed by atoms with Gasteiger partial charge < -0.3 is 15.4 Å². The lowest BCUT2D eigenvalue weighted by Gasteiger charge is -2.13. The van der Waals surface area contributed by atoms with Crippen LogP contribution in [0.4, 0.5) is 10.5 Å². The molecule has 27 heavy (non-hydrogen) atoms. The highest BCUT2D eigenvalue weighted by molar-refractivity contribution is 9.10. The average Bonchev–Trinajstić information content (AvgIpc) is 2.68. The molecular weight excluding hydrogens is 424 g/mol. The third-order valence-corrected chi connectivity index (χ3v) is 5.56. The Balaban J connectivity index is 1.52. The van der Waals surface area contributed by atoms with E-state index in [0.29, 0.717) is 6.54 Å². The summed E-state index contributed by atoms with van der Waals surface area (Å²) >= 11 is 5.29. The number of ether oxygens (including phenoxy) is 1. The Morgan fingerprint density at radius 2 is 1.93 bits per heavy atom. The van der Waals surface area contributed by atoms with Crippen molar-refractivity contribution in [3.8, 4) is 5.75 Å². The molecule has 2 amide bonds. The number of para-hydroxylation sites is 1. The molecule has 0 aliphatic rings. The van der Waals surface area contributed by atoms with Gasteiger partial charge in [-0.25, -0.2) is 4.79 Å². The molecule has 0 unspecified atom stereocenters. The molecule has 6 heteroatoms. The Hall–Kier alpha value is -2.18. The lowest BCUT2D eigenvalue weighted by molar-refractivity contribution is 0.252. The third kappa shape index (κ3) is 5.40. The minimum atomic E-state index is -0.186. The quantitative estimate of drug-likeness (QED) is 0.461. The highest BCUT2D eigenvalue weighted by atomic mass is 79.9. The van der Waals surface area contributed by atoms with Crippen LogP contribution in [-0.2, 0) is 5.75 Å². The fourth-order valence-corrected chi connectivity index (χ4v) is 4.06. The van der Waals surface area contributed by atoms with Crippen molar-refractivity contribution in [2.45, 2.75) is 5.75 Å². The zero-order chi connectivity index (χ0) is 19.1. The maximum absolute atomic E-state index is 11.9. The monoisotopic (exact) mass is 444 g/mol. The van der Waals surface area contributed by atoms with E-state index in [0.717, 1.165) is 27.4 Å². The van der Waals surface area contributed by atoms with E-state index < -0.39 is 0 Å². The van der Waals surface area contributed by atoms with Crippen LogP contribution < -0.4 is 15.4 Å². The molecular formula is C21H21BrN2O2S. The average molecular weight is 445 g/mol. The molecule has 0 saturated heterocycles. The molecule has 4 nitrogen and oxygen atoms in total. The van der Waals surface area contributed by atoms with Gasteiger partial charge in [0.1, 0.15) is 5.75 Å². The van der Waals surface area contributed by atoms with Crippen molar-refractivity contribution in [1.82, 2.24) is 5.32 Å². The van der Waals surface area contributed by atoms with Crippen LogP contribution in [0.25, 0.3) is 10.8 Å². The summed E-state index contributed by atoms with van der Waals surface area (Å²) in [4.78, 5) is 11.9. The zero-order valence-electron chi connectivity index (χ0n) is 15.0. The van der Waals surface area contributed by atoms with Crippen LogP contribution in [0, 0.1) is 0 Å². The van der Waals surface area contributed by atoms with Crippen LogP contribution in [0.5, 0.6) is 5.75 Å². The van der Waals surface area contributed by atoms with Gasteiger partial charge in [-0.15, -0.1) is 0 Å². The minimum Gasteiger partial charge on any atom is -0.496 e. The van der Waals surface area contributed by atoms with E-state index in [1.165, 1.54) is 16.3 Å². The normalized spacial score (nSPS) is 10.6. The maximum atomic E-state index is 11.9. The summed E-state index contributed by atoms with van der Waals surface area (Å²) in [5.41, 5.74) is 1.97. The van der Waals surface area contributed by atoms with Crippen LogP contribution in [0.2, 0.25) is 0 Å². The first-order valence-corrected chi connectivity index (χ1v) is 10.5. The molecule has 140 valence electrons. The summed E-state index contributed by atoms with van der Waals surface area (Å²) in [6, 6.07) is 19.6. The summed E-state index contributed by atoms with van der Waals surface area (Å²) < 4.78 is 6.60. The smallest absolute Gasteiger partial charge is 0.319 e. The van der Waals surface area contributed by atoms with Gasteiger partial charge in [-0.2, -0.15) is 11.8 Å². The fourth-order valence-electron chi connectivity index (χ4n) is 2.79. The molecule has 0 bridgehead atoms. The van der Waals surface area contributed by atoms with E-state index in [9.17, 15) is 4.79 Å². The summed E-state index contributed by atoms with van der Waals surface area (Å²) in [6.45, 7) is 0.599. The van der Waals surface area contributed by atoms with E-state index >= 15 is 0 Å². The van der Waals surface area contributed by atoms with E-state index in [2.05, 4.69) is 44.8 Å². The van der Waals surface area contributed by atoms with Gasteiger partial charge in [0, 0.05) is 33.8 Å². The predicted octanol–water partition coefficient (Wildman–Crippen LogP) is 5.67. The van der Waals surface area contributed by atoms with Crippen molar-refractivity contribution < 1.29 is 9.53 Å². The predicted molar refractivity (Wildman–Crippen MR) is 118 cm³/mol. The Morgan fingerprint density at radius 1 is 1.11 bits per heavy atom. The second-order valence-corrected chi connectivity index (χ2v) is 7.93. The molecule has 0 spiro atoms. The molecule has 0 aromatic heterocycles. The lowest BCUT2D eigenvalue weighted by atomic mass is 10.0. The van der Waals surface area contributed by atoms with Crippen LogP contribution in [0.15, 0.2) is 65.1 Å². The fraction of sp³-hybridized carbons (Fsp3) is 0.190. The van der Waals surface area contributed by atoms with Crippen molar-refractivity contribution in [3.05, 3.63) is 70.7 Å². The van der Waals surface area contributed by atoms with E-state index in [-0.39, 0.29) is 6.03 Å². The SMILES string of the molecule is COc1ccc2cc(Br)ccc2c1CSCCNC(=O)Nc1ccccc1. The van der Waals surface area contributed by atoms with Gasteiger partial charge in [-0.05, 0) is 41.1 Å². The van der Waals surface area contributed by atoms with Crippen molar-refractivity contribution in [3.63, 3.8) is 0 Å². The number of urea groups is 1. The third-order valence-electron chi connectivity index (χ3n) is 4.08. The molecule has 3 rings (SSSR count). The number of hydrogen-bond donors (Lipinski definition) is 2. The van der Waals surface area contributed by atoms with Gasteiger partial charge in [-0.3, -0.25) is 0 Å². The largest absolute Gasteiger partial charge is 0.496 e. The minimum absolute atomic E-state index is 0.186. The summed E-state index contributed by atoms with van der Waals surface area (Å²) in [5, 5.41) is 8.07. The number of hydrogen-bond acceptors (Lipinski definition) is 3. The number of carbonyl (C=O) groups is 1. The second-order valence-electron chi connectivity index (χ2n) is 5.91. The number of fused-ring (bicyclic) bond motifs is 1. The lowest BCUT2D eigenvalue weighted by Crippen LogP contribution is -2.30. The number of anilines is 1. The molecule has 0 heterocycles. The topological polar surface area (TPSA) is 50.4 Å². The van der Waals surface area contributed by atoms with Crippen LogP contribution >= 0.6 is 27.7 Å². The molecule has 0 fully saturated rings. The number of carbonyl (C=O) groups excluding carboxylic acids is 1. The van der Waals surface area contributed by atoms with Crippen LogP contribution in [0.3, 0.4) is 0 Å². The van der Waals surface area contributed by atoms with Crippen molar-refractivity contribution >= 4 is 50.2 Å². The highest BCUT2D eigenvalue weighted by Gasteiger charge is 2.09. The molecule has 2 N–H and O–H groups in total. The van der Waals surface area contributed by atoms with Crippen LogP contribution in [0.1, 0.15) is 5.56 Å². The Bertz CT molecular complexity index is 919. The molecule has 0 saturated carbocycles. The molecule has 3 aromatic rings. The first kappa shape index (κ1) is 19.6. The molecule has 0 atom stereocenters. The first-order chi connectivity index (χ1) is 13.2. The van der Waals surface area contributed by atoms with Crippen molar-refractivity contribution in [2.24, 2.45) is 0 Å². The summed E-state index contributed by atoms with van der Waals surface area (Å²) in [5.74, 6) is 2.54. The number of thioether (sulfide) groups is 1. The maximum Gasteiger partial charge on any atom is 0.319 e. The van der Waals surface area contributed by atoms with Gasteiger partial charge in [-0.1, -0.05) is 46.3 Å².